The van der Waals surface area contributed by atoms with E-state index in [0.717, 1.165) is 29.2 Å². The van der Waals surface area contributed by atoms with Crippen LogP contribution in [0.1, 0.15) is 25.0 Å². The van der Waals surface area contributed by atoms with E-state index in [4.69, 9.17) is 18.9 Å². The standard InChI is InChI=1S/C23H29NO5/c1-4-6-17-7-9-20(22(11-17)26-3)27-15-19(25)14-24(5-2)13-18-8-10-21-23(12-18)29-16-28-21/h4,6-12,19,25H,5,13-16H2,1-3H3/b6-4+. The molecule has 0 spiro atoms. The first-order valence-corrected chi connectivity index (χ1v) is 9.85. The summed E-state index contributed by atoms with van der Waals surface area (Å²) in [4.78, 5) is 2.16. The lowest BCUT2D eigenvalue weighted by Gasteiger charge is -2.24. The molecular formula is C23H29NO5. The van der Waals surface area contributed by atoms with E-state index in [2.05, 4.69) is 11.8 Å². The second kappa shape index (κ2) is 10.2. The van der Waals surface area contributed by atoms with Crippen LogP contribution in [0.5, 0.6) is 23.0 Å². The van der Waals surface area contributed by atoms with Gasteiger partial charge in [0.2, 0.25) is 6.79 Å². The number of aliphatic hydroxyl groups excluding tert-OH is 1. The maximum Gasteiger partial charge on any atom is 0.231 e. The molecule has 1 aliphatic heterocycles. The molecule has 1 N–H and O–H groups in total. The number of hydrogen-bond acceptors (Lipinski definition) is 6. The number of rotatable bonds is 10. The molecule has 0 aliphatic carbocycles. The van der Waals surface area contributed by atoms with Crippen LogP contribution in [0.15, 0.2) is 42.5 Å². The molecule has 1 aliphatic rings. The van der Waals surface area contributed by atoms with Crippen LogP contribution in [0, 0.1) is 0 Å². The molecule has 0 amide bonds. The molecule has 0 fully saturated rings. The van der Waals surface area contributed by atoms with Gasteiger partial charge >= 0.3 is 0 Å². The van der Waals surface area contributed by atoms with Gasteiger partial charge in [-0.2, -0.15) is 0 Å². The lowest BCUT2D eigenvalue weighted by molar-refractivity contribution is 0.0664. The first-order chi connectivity index (χ1) is 14.1. The average Bonchev–Trinajstić information content (AvgIpc) is 3.20. The highest BCUT2D eigenvalue weighted by Crippen LogP contribution is 2.33. The maximum absolute atomic E-state index is 10.5. The lowest BCUT2D eigenvalue weighted by Crippen LogP contribution is -2.35. The first kappa shape index (κ1) is 21.0. The number of benzene rings is 2. The Morgan fingerprint density at radius 3 is 2.72 bits per heavy atom. The van der Waals surface area contributed by atoms with E-state index in [9.17, 15) is 5.11 Å². The van der Waals surface area contributed by atoms with Crippen molar-refractivity contribution in [3.8, 4) is 23.0 Å². The number of aliphatic hydroxyl groups is 1. The monoisotopic (exact) mass is 399 g/mol. The second-order valence-corrected chi connectivity index (χ2v) is 6.89. The van der Waals surface area contributed by atoms with E-state index in [1.54, 1.807) is 7.11 Å². The van der Waals surface area contributed by atoms with E-state index in [0.29, 0.717) is 24.6 Å². The first-order valence-electron chi connectivity index (χ1n) is 9.85. The highest BCUT2D eigenvalue weighted by Gasteiger charge is 2.16. The summed E-state index contributed by atoms with van der Waals surface area (Å²) >= 11 is 0. The Kier molecular flexibility index (Phi) is 7.38. The predicted molar refractivity (Wildman–Crippen MR) is 113 cm³/mol. The van der Waals surface area contributed by atoms with Crippen molar-refractivity contribution in [2.45, 2.75) is 26.5 Å². The Bertz CT molecular complexity index is 836. The summed E-state index contributed by atoms with van der Waals surface area (Å²) in [6, 6.07) is 11.7. The van der Waals surface area contributed by atoms with Gasteiger partial charge in [-0.05, 0) is 48.9 Å². The van der Waals surface area contributed by atoms with E-state index >= 15 is 0 Å². The van der Waals surface area contributed by atoms with Crippen molar-refractivity contribution < 1.29 is 24.1 Å². The number of allylic oxidation sites excluding steroid dienone is 1. The van der Waals surface area contributed by atoms with E-state index < -0.39 is 6.10 Å². The molecule has 0 bridgehead atoms. The van der Waals surface area contributed by atoms with E-state index in [1.165, 1.54) is 0 Å². The third kappa shape index (κ3) is 5.65. The molecule has 2 aromatic rings. The lowest BCUT2D eigenvalue weighted by atomic mass is 10.1. The number of fused-ring (bicyclic) bond motifs is 1. The maximum atomic E-state index is 10.5. The molecule has 1 heterocycles. The number of ether oxygens (including phenoxy) is 4. The van der Waals surface area contributed by atoms with Gasteiger partial charge in [0.25, 0.3) is 0 Å². The van der Waals surface area contributed by atoms with Crippen molar-refractivity contribution in [1.82, 2.24) is 4.90 Å². The normalized spacial score (nSPS) is 13.8. The predicted octanol–water partition coefficient (Wildman–Crippen LogP) is 3.72. The number of likely N-dealkylation sites (N-methyl/N-ethyl adjacent to an activating group) is 1. The van der Waals surface area contributed by atoms with Crippen LogP contribution >= 0.6 is 0 Å². The summed E-state index contributed by atoms with van der Waals surface area (Å²) in [5.41, 5.74) is 2.16. The van der Waals surface area contributed by atoms with Crippen molar-refractivity contribution in [3.05, 3.63) is 53.6 Å². The third-order valence-corrected chi connectivity index (χ3v) is 4.74. The molecule has 0 aromatic heterocycles. The molecule has 156 valence electrons. The second-order valence-electron chi connectivity index (χ2n) is 6.89. The summed E-state index contributed by atoms with van der Waals surface area (Å²) in [5.74, 6) is 2.83. The zero-order valence-electron chi connectivity index (χ0n) is 17.3. The fourth-order valence-electron chi connectivity index (χ4n) is 3.24. The van der Waals surface area contributed by atoms with Gasteiger partial charge < -0.3 is 24.1 Å². The Hall–Kier alpha value is -2.70. The molecule has 0 saturated carbocycles. The molecule has 0 saturated heterocycles. The van der Waals surface area contributed by atoms with Crippen molar-refractivity contribution in [1.29, 1.82) is 0 Å². The van der Waals surface area contributed by atoms with Gasteiger partial charge in [0, 0.05) is 13.1 Å². The Morgan fingerprint density at radius 1 is 1.14 bits per heavy atom. The molecule has 6 heteroatoms. The van der Waals surface area contributed by atoms with Gasteiger partial charge in [0.1, 0.15) is 12.7 Å². The highest BCUT2D eigenvalue weighted by molar-refractivity contribution is 5.55. The van der Waals surface area contributed by atoms with Crippen LogP contribution in [-0.4, -0.2) is 49.7 Å². The van der Waals surface area contributed by atoms with Crippen LogP contribution in [-0.2, 0) is 6.54 Å². The zero-order chi connectivity index (χ0) is 20.6. The van der Waals surface area contributed by atoms with Crippen LogP contribution in [0.4, 0.5) is 0 Å². The zero-order valence-corrected chi connectivity index (χ0v) is 17.3. The molecular weight excluding hydrogens is 370 g/mol. The van der Waals surface area contributed by atoms with Crippen LogP contribution in [0.2, 0.25) is 0 Å². The molecule has 29 heavy (non-hydrogen) atoms. The van der Waals surface area contributed by atoms with Gasteiger partial charge in [-0.25, -0.2) is 0 Å². The SMILES string of the molecule is C/C=C/c1ccc(OCC(O)CN(CC)Cc2ccc3c(c2)OCO3)c(OC)c1. The van der Waals surface area contributed by atoms with Crippen LogP contribution < -0.4 is 18.9 Å². The van der Waals surface area contributed by atoms with Gasteiger partial charge in [-0.3, -0.25) is 4.90 Å². The van der Waals surface area contributed by atoms with Gasteiger partial charge in [-0.1, -0.05) is 31.2 Å². The van der Waals surface area contributed by atoms with Gasteiger partial charge in [0.05, 0.1) is 7.11 Å². The fraction of sp³-hybridized carbons (Fsp3) is 0.391. The minimum Gasteiger partial charge on any atom is -0.493 e. The van der Waals surface area contributed by atoms with Gasteiger partial charge in [-0.15, -0.1) is 0 Å². The molecule has 3 rings (SSSR count). The van der Waals surface area contributed by atoms with Crippen molar-refractivity contribution >= 4 is 6.08 Å². The van der Waals surface area contributed by atoms with E-state index in [-0.39, 0.29) is 13.4 Å². The Balaban J connectivity index is 1.54. The summed E-state index contributed by atoms with van der Waals surface area (Å²) in [6.07, 6.45) is 3.35. The number of nitrogens with zero attached hydrogens (tertiary/aromatic N) is 1. The Labute approximate surface area is 172 Å². The molecule has 2 aromatic carbocycles. The molecule has 0 radical (unpaired) electrons. The van der Waals surface area contributed by atoms with Crippen molar-refractivity contribution in [2.24, 2.45) is 0 Å². The number of methoxy groups -OCH3 is 1. The molecule has 1 atom stereocenters. The minimum atomic E-state index is -0.621. The Morgan fingerprint density at radius 2 is 1.97 bits per heavy atom. The summed E-state index contributed by atoms with van der Waals surface area (Å²) in [7, 11) is 1.61. The largest absolute Gasteiger partial charge is 0.493 e. The summed E-state index contributed by atoms with van der Waals surface area (Å²) in [5, 5.41) is 10.5. The van der Waals surface area contributed by atoms with Crippen LogP contribution in [0.3, 0.4) is 0 Å². The average molecular weight is 399 g/mol. The fourth-order valence-corrected chi connectivity index (χ4v) is 3.24. The third-order valence-electron chi connectivity index (χ3n) is 4.74. The van der Waals surface area contributed by atoms with Crippen molar-refractivity contribution in [3.63, 3.8) is 0 Å². The minimum absolute atomic E-state index is 0.191. The van der Waals surface area contributed by atoms with Crippen molar-refractivity contribution in [2.75, 3.05) is 33.6 Å². The highest BCUT2D eigenvalue weighted by atomic mass is 16.7. The summed E-state index contributed by atoms with van der Waals surface area (Å²) < 4.78 is 22.0. The molecule has 1 unspecified atom stereocenters. The number of hydrogen-bond donors (Lipinski definition) is 1. The smallest absolute Gasteiger partial charge is 0.231 e. The molecule has 6 nitrogen and oxygen atoms in total. The van der Waals surface area contributed by atoms with Crippen LogP contribution in [0.25, 0.3) is 6.08 Å². The van der Waals surface area contributed by atoms with Gasteiger partial charge in [0.15, 0.2) is 23.0 Å². The summed E-state index contributed by atoms with van der Waals surface area (Å²) in [6.45, 7) is 6.53. The van der Waals surface area contributed by atoms with E-state index in [1.807, 2.05) is 55.5 Å². The quantitative estimate of drug-likeness (QED) is 0.657. The topological polar surface area (TPSA) is 60.4 Å².